The van der Waals surface area contributed by atoms with E-state index in [0.717, 1.165) is 6.07 Å². The first-order valence-corrected chi connectivity index (χ1v) is 3.70. The van der Waals surface area contributed by atoms with Crippen LogP contribution in [0.1, 0.15) is 10.5 Å². The van der Waals surface area contributed by atoms with Gasteiger partial charge in [-0.15, -0.1) is 0 Å². The van der Waals surface area contributed by atoms with Crippen molar-refractivity contribution in [2.24, 2.45) is 0 Å². The Hall–Kier alpha value is -1.52. The number of carbonyl (C=O) groups is 1. The van der Waals surface area contributed by atoms with Crippen LogP contribution in [0.5, 0.6) is 0 Å². The maximum absolute atomic E-state index is 12.9. The molecule has 0 bridgehead atoms. The maximum atomic E-state index is 12.9. The molecule has 0 aliphatic heterocycles. The highest BCUT2D eigenvalue weighted by molar-refractivity contribution is 5.92. The summed E-state index contributed by atoms with van der Waals surface area (Å²) >= 11 is 0. The Bertz CT molecular complexity index is 304. The van der Waals surface area contributed by atoms with Gasteiger partial charge in [-0.1, -0.05) is 0 Å². The molecular formula is C8H8F2N2O. The van der Waals surface area contributed by atoms with Gasteiger partial charge in [0.15, 0.2) is 11.5 Å². The molecule has 1 rings (SSSR count). The van der Waals surface area contributed by atoms with Gasteiger partial charge in [0.05, 0.1) is 0 Å². The Labute approximate surface area is 73.8 Å². The molecule has 0 spiro atoms. The average Bonchev–Trinajstić information content (AvgIpc) is 2.15. The molecule has 0 aliphatic carbocycles. The van der Waals surface area contributed by atoms with E-state index in [1.165, 1.54) is 12.3 Å². The van der Waals surface area contributed by atoms with Crippen LogP contribution in [0.3, 0.4) is 0 Å². The van der Waals surface area contributed by atoms with Crippen LogP contribution in [-0.2, 0) is 0 Å². The Morgan fingerprint density at radius 3 is 3.00 bits per heavy atom. The van der Waals surface area contributed by atoms with E-state index < -0.39 is 18.4 Å². The molecule has 1 N–H and O–H groups in total. The number of nitrogens with one attached hydrogen (secondary N) is 1. The Morgan fingerprint density at radius 1 is 1.62 bits per heavy atom. The topological polar surface area (TPSA) is 42.0 Å². The molecule has 1 amide bonds. The van der Waals surface area contributed by atoms with Crippen LogP contribution in [0.4, 0.5) is 8.78 Å². The van der Waals surface area contributed by atoms with Crippen molar-refractivity contribution in [1.29, 1.82) is 0 Å². The summed E-state index contributed by atoms with van der Waals surface area (Å²) in [5, 5.41) is 2.17. The number of pyridine rings is 1. The highest BCUT2D eigenvalue weighted by Crippen LogP contribution is 2.01. The molecule has 1 aromatic rings. The number of nitrogens with zero attached hydrogens (tertiary/aromatic N) is 1. The number of hydrogen-bond donors (Lipinski definition) is 1. The number of aromatic nitrogens is 1. The zero-order valence-corrected chi connectivity index (χ0v) is 6.76. The van der Waals surface area contributed by atoms with Gasteiger partial charge in [-0.3, -0.25) is 4.79 Å². The van der Waals surface area contributed by atoms with E-state index in [0.29, 0.717) is 0 Å². The fourth-order valence-corrected chi connectivity index (χ4v) is 0.797. The summed E-state index contributed by atoms with van der Waals surface area (Å²) in [4.78, 5) is 14.6. The smallest absolute Gasteiger partial charge is 0.273 e. The number of carbonyl (C=O) groups excluding carboxylic acids is 1. The lowest BCUT2D eigenvalue weighted by Crippen LogP contribution is -2.27. The van der Waals surface area contributed by atoms with Gasteiger partial charge in [0.1, 0.15) is 6.67 Å². The van der Waals surface area contributed by atoms with E-state index in [1.54, 1.807) is 0 Å². The Morgan fingerprint density at radius 2 is 2.38 bits per heavy atom. The monoisotopic (exact) mass is 186 g/mol. The van der Waals surface area contributed by atoms with Crippen LogP contribution < -0.4 is 5.32 Å². The van der Waals surface area contributed by atoms with E-state index >= 15 is 0 Å². The summed E-state index contributed by atoms with van der Waals surface area (Å²) < 4.78 is 24.5. The van der Waals surface area contributed by atoms with Crippen molar-refractivity contribution < 1.29 is 13.6 Å². The maximum Gasteiger partial charge on any atom is 0.273 e. The van der Waals surface area contributed by atoms with Gasteiger partial charge in [-0.05, 0) is 12.1 Å². The second kappa shape index (κ2) is 4.49. The van der Waals surface area contributed by atoms with E-state index in [-0.39, 0.29) is 12.2 Å². The largest absolute Gasteiger partial charge is 0.348 e. The summed E-state index contributed by atoms with van der Waals surface area (Å²) in [7, 11) is 0. The van der Waals surface area contributed by atoms with E-state index in [2.05, 4.69) is 10.3 Å². The summed E-state index contributed by atoms with van der Waals surface area (Å²) in [6.07, 6.45) is 1.30. The lowest BCUT2D eigenvalue weighted by molar-refractivity contribution is 0.0941. The predicted octanol–water partition coefficient (Wildman–Crippen LogP) is 0.920. The van der Waals surface area contributed by atoms with Gasteiger partial charge in [-0.25, -0.2) is 13.8 Å². The van der Waals surface area contributed by atoms with E-state index in [9.17, 15) is 13.6 Å². The van der Waals surface area contributed by atoms with Gasteiger partial charge >= 0.3 is 0 Å². The average molecular weight is 186 g/mol. The molecule has 0 aliphatic rings. The molecule has 0 aromatic carbocycles. The fourth-order valence-electron chi connectivity index (χ4n) is 0.797. The van der Waals surface area contributed by atoms with Crippen LogP contribution in [0, 0.1) is 5.82 Å². The molecule has 5 heteroatoms. The van der Waals surface area contributed by atoms with Gasteiger partial charge < -0.3 is 5.32 Å². The molecule has 0 unspecified atom stereocenters. The third-order valence-electron chi connectivity index (χ3n) is 1.35. The van der Waals surface area contributed by atoms with Crippen LogP contribution in [-0.4, -0.2) is 24.1 Å². The molecule has 0 atom stereocenters. The number of rotatable bonds is 3. The van der Waals surface area contributed by atoms with Gasteiger partial charge in [0, 0.05) is 12.7 Å². The van der Waals surface area contributed by atoms with Crippen LogP contribution in [0.15, 0.2) is 18.3 Å². The second-order valence-electron chi connectivity index (χ2n) is 2.28. The van der Waals surface area contributed by atoms with Crippen molar-refractivity contribution in [3.8, 4) is 0 Å². The first kappa shape index (κ1) is 9.57. The molecule has 0 radical (unpaired) electrons. The molecular weight excluding hydrogens is 178 g/mol. The minimum Gasteiger partial charge on any atom is -0.348 e. The zero-order chi connectivity index (χ0) is 9.68. The number of halogens is 2. The quantitative estimate of drug-likeness (QED) is 0.762. The van der Waals surface area contributed by atoms with Crippen molar-refractivity contribution in [3.63, 3.8) is 0 Å². The standard InChI is InChI=1S/C8H8F2N2O/c9-3-5-12-8(13)7-6(10)2-1-4-11-7/h1-2,4H,3,5H2,(H,12,13). The summed E-state index contributed by atoms with van der Waals surface area (Å²) in [6.45, 7) is -0.810. The Balaban J connectivity index is 2.71. The van der Waals surface area contributed by atoms with Gasteiger partial charge in [0.25, 0.3) is 5.91 Å². The number of alkyl halides is 1. The molecule has 70 valence electrons. The highest BCUT2D eigenvalue weighted by Gasteiger charge is 2.11. The molecule has 3 nitrogen and oxygen atoms in total. The van der Waals surface area contributed by atoms with Crippen molar-refractivity contribution in [1.82, 2.24) is 10.3 Å². The van der Waals surface area contributed by atoms with Crippen LogP contribution in [0.2, 0.25) is 0 Å². The van der Waals surface area contributed by atoms with Crippen molar-refractivity contribution in [2.45, 2.75) is 0 Å². The van der Waals surface area contributed by atoms with E-state index in [1.807, 2.05) is 0 Å². The SMILES string of the molecule is O=C(NCCF)c1ncccc1F. The van der Waals surface area contributed by atoms with Crippen molar-refractivity contribution in [3.05, 3.63) is 29.8 Å². The second-order valence-corrected chi connectivity index (χ2v) is 2.28. The summed E-state index contributed by atoms with van der Waals surface area (Å²) in [5.41, 5.74) is -0.309. The fraction of sp³-hybridized carbons (Fsp3) is 0.250. The first-order chi connectivity index (χ1) is 6.25. The molecule has 13 heavy (non-hydrogen) atoms. The lowest BCUT2D eigenvalue weighted by Gasteiger charge is -2.01. The third kappa shape index (κ3) is 2.47. The molecule has 0 saturated carbocycles. The van der Waals surface area contributed by atoms with Crippen molar-refractivity contribution >= 4 is 5.91 Å². The minimum atomic E-state index is -0.709. The lowest BCUT2D eigenvalue weighted by atomic mass is 10.3. The minimum absolute atomic E-state index is 0.130. The molecule has 1 aromatic heterocycles. The predicted molar refractivity (Wildman–Crippen MR) is 42.5 cm³/mol. The summed E-state index contributed by atoms with van der Waals surface area (Å²) in [6, 6.07) is 2.50. The highest BCUT2D eigenvalue weighted by atomic mass is 19.1. The molecule has 1 heterocycles. The number of amides is 1. The third-order valence-corrected chi connectivity index (χ3v) is 1.35. The van der Waals surface area contributed by atoms with Gasteiger partial charge in [0.2, 0.25) is 0 Å². The van der Waals surface area contributed by atoms with Gasteiger partial charge in [-0.2, -0.15) is 0 Å². The van der Waals surface area contributed by atoms with E-state index in [4.69, 9.17) is 0 Å². The Kier molecular flexibility index (Phi) is 3.31. The van der Waals surface area contributed by atoms with Crippen LogP contribution in [0.25, 0.3) is 0 Å². The molecule has 0 saturated heterocycles. The summed E-state index contributed by atoms with van der Waals surface area (Å²) in [5.74, 6) is -1.41. The normalized spacial score (nSPS) is 9.69. The zero-order valence-electron chi connectivity index (χ0n) is 6.76. The first-order valence-electron chi connectivity index (χ1n) is 3.70. The number of hydrogen-bond acceptors (Lipinski definition) is 2. The van der Waals surface area contributed by atoms with Crippen LogP contribution >= 0.6 is 0 Å². The van der Waals surface area contributed by atoms with Crippen molar-refractivity contribution in [2.75, 3.05) is 13.2 Å². The molecule has 0 fully saturated rings.